The molecule has 64 valence electrons. The molecular formula is C8H14O3. The molecule has 0 spiro atoms. The summed E-state index contributed by atoms with van der Waals surface area (Å²) in [7, 11) is 0. The molecule has 0 amide bonds. The van der Waals surface area contributed by atoms with Gasteiger partial charge >= 0.3 is 0 Å². The zero-order chi connectivity index (χ0) is 8.27. The van der Waals surface area contributed by atoms with Crippen molar-refractivity contribution in [3.63, 3.8) is 0 Å². The molecule has 0 aromatic heterocycles. The van der Waals surface area contributed by atoms with E-state index in [9.17, 15) is 10.2 Å². The van der Waals surface area contributed by atoms with Crippen LogP contribution in [0.4, 0.5) is 0 Å². The van der Waals surface area contributed by atoms with Crippen molar-refractivity contribution in [2.45, 2.75) is 32.0 Å². The van der Waals surface area contributed by atoms with Crippen LogP contribution in [0.25, 0.3) is 0 Å². The molecule has 1 aliphatic rings. The first-order valence-corrected chi connectivity index (χ1v) is 3.94. The number of aliphatic hydroxyl groups is 2. The maximum absolute atomic E-state index is 9.37. The summed E-state index contributed by atoms with van der Waals surface area (Å²) in [5.41, 5.74) is 0. The van der Waals surface area contributed by atoms with Gasteiger partial charge in [-0.15, -0.1) is 0 Å². The molecule has 2 N–H and O–H groups in total. The molecule has 0 aliphatic carbocycles. The molecule has 0 fully saturated rings. The first-order valence-electron chi connectivity index (χ1n) is 3.94. The van der Waals surface area contributed by atoms with Crippen LogP contribution in [0.15, 0.2) is 11.8 Å². The molecule has 0 saturated carbocycles. The van der Waals surface area contributed by atoms with Crippen molar-refractivity contribution in [2.75, 3.05) is 6.61 Å². The summed E-state index contributed by atoms with van der Waals surface area (Å²) in [6.45, 7) is 2.45. The second-order valence-electron chi connectivity index (χ2n) is 2.66. The summed E-state index contributed by atoms with van der Waals surface area (Å²) < 4.78 is 5.09. The Morgan fingerprint density at radius 1 is 1.64 bits per heavy atom. The first-order chi connectivity index (χ1) is 5.25. The van der Waals surface area contributed by atoms with Gasteiger partial charge < -0.3 is 14.9 Å². The van der Waals surface area contributed by atoms with E-state index in [0.717, 1.165) is 6.42 Å². The molecule has 0 aromatic carbocycles. The zero-order valence-corrected chi connectivity index (χ0v) is 6.66. The lowest BCUT2D eigenvalue weighted by molar-refractivity contribution is 0.00719. The van der Waals surface area contributed by atoms with Crippen LogP contribution in [0.5, 0.6) is 0 Å². The van der Waals surface area contributed by atoms with Crippen LogP contribution in [0.1, 0.15) is 19.8 Å². The Bertz CT molecular complexity index is 153. The number of aliphatic hydroxyl groups excluding tert-OH is 2. The maximum Gasteiger partial charge on any atom is 0.136 e. The van der Waals surface area contributed by atoms with Gasteiger partial charge in [-0.25, -0.2) is 0 Å². The highest BCUT2D eigenvalue weighted by Crippen LogP contribution is 2.16. The highest BCUT2D eigenvalue weighted by Gasteiger charge is 2.22. The minimum Gasteiger partial charge on any atom is -0.495 e. The molecule has 1 rings (SSSR count). The number of hydrogen-bond donors (Lipinski definition) is 2. The lowest BCUT2D eigenvalue weighted by atomic mass is 10.1. The predicted molar refractivity (Wildman–Crippen MR) is 41.0 cm³/mol. The fourth-order valence-corrected chi connectivity index (χ4v) is 1.06. The molecule has 0 aromatic rings. The monoisotopic (exact) mass is 158 g/mol. The average molecular weight is 158 g/mol. The molecule has 0 saturated heterocycles. The highest BCUT2D eigenvalue weighted by molar-refractivity contribution is 5.05. The highest BCUT2D eigenvalue weighted by atomic mass is 16.5. The Morgan fingerprint density at radius 2 is 2.36 bits per heavy atom. The van der Waals surface area contributed by atoms with Gasteiger partial charge in [0.25, 0.3) is 0 Å². The SMILES string of the molecule is CCC(O)C(O)C1=CCCO1. The standard InChI is InChI=1S/C8H14O3/c1-2-6(9)8(10)7-4-3-5-11-7/h4,6,8-10H,2-3,5H2,1H3. The van der Waals surface area contributed by atoms with Crippen LogP contribution in [0, 0.1) is 0 Å². The summed E-state index contributed by atoms with van der Waals surface area (Å²) in [6, 6.07) is 0. The van der Waals surface area contributed by atoms with Crippen molar-refractivity contribution in [3.05, 3.63) is 11.8 Å². The van der Waals surface area contributed by atoms with E-state index < -0.39 is 12.2 Å². The Labute approximate surface area is 66.3 Å². The van der Waals surface area contributed by atoms with Gasteiger partial charge in [0, 0.05) is 6.42 Å². The van der Waals surface area contributed by atoms with Crippen molar-refractivity contribution in [1.82, 2.24) is 0 Å². The van der Waals surface area contributed by atoms with Crippen molar-refractivity contribution >= 4 is 0 Å². The lowest BCUT2D eigenvalue weighted by Crippen LogP contribution is -2.27. The second kappa shape index (κ2) is 3.74. The number of rotatable bonds is 3. The van der Waals surface area contributed by atoms with E-state index in [1.807, 2.05) is 13.0 Å². The van der Waals surface area contributed by atoms with E-state index in [1.165, 1.54) is 0 Å². The quantitative estimate of drug-likeness (QED) is 0.626. The van der Waals surface area contributed by atoms with Gasteiger partial charge in [-0.2, -0.15) is 0 Å². The van der Waals surface area contributed by atoms with Crippen molar-refractivity contribution in [1.29, 1.82) is 0 Å². The summed E-state index contributed by atoms with van der Waals surface area (Å²) >= 11 is 0. The molecule has 3 heteroatoms. The fourth-order valence-electron chi connectivity index (χ4n) is 1.06. The molecule has 1 aliphatic heterocycles. The average Bonchev–Trinajstić information content (AvgIpc) is 2.53. The van der Waals surface area contributed by atoms with Gasteiger partial charge in [-0.1, -0.05) is 6.92 Å². The summed E-state index contributed by atoms with van der Waals surface area (Å²) in [5.74, 6) is 0.527. The predicted octanol–water partition coefficient (Wildman–Crippen LogP) is 0.422. The van der Waals surface area contributed by atoms with Crippen LogP contribution in [0.2, 0.25) is 0 Å². The van der Waals surface area contributed by atoms with E-state index in [0.29, 0.717) is 18.8 Å². The molecule has 3 nitrogen and oxygen atoms in total. The first kappa shape index (κ1) is 8.56. The molecule has 0 radical (unpaired) electrons. The van der Waals surface area contributed by atoms with Crippen molar-refractivity contribution < 1.29 is 14.9 Å². The largest absolute Gasteiger partial charge is 0.495 e. The third-order valence-electron chi connectivity index (χ3n) is 1.81. The Kier molecular flexibility index (Phi) is 2.91. The van der Waals surface area contributed by atoms with E-state index in [2.05, 4.69) is 0 Å². The van der Waals surface area contributed by atoms with Gasteiger partial charge in [0.15, 0.2) is 0 Å². The third kappa shape index (κ3) is 1.94. The molecule has 2 unspecified atom stereocenters. The minimum absolute atomic E-state index is 0.527. The molecular weight excluding hydrogens is 144 g/mol. The summed E-state index contributed by atoms with van der Waals surface area (Å²) in [5, 5.41) is 18.6. The van der Waals surface area contributed by atoms with Crippen LogP contribution >= 0.6 is 0 Å². The van der Waals surface area contributed by atoms with Gasteiger partial charge in [0.2, 0.25) is 0 Å². The van der Waals surface area contributed by atoms with Gasteiger partial charge in [-0.3, -0.25) is 0 Å². The smallest absolute Gasteiger partial charge is 0.136 e. The van der Waals surface area contributed by atoms with Crippen LogP contribution < -0.4 is 0 Å². The zero-order valence-electron chi connectivity index (χ0n) is 6.66. The Hall–Kier alpha value is -0.540. The van der Waals surface area contributed by atoms with E-state index in [-0.39, 0.29) is 0 Å². The summed E-state index contributed by atoms with van der Waals surface area (Å²) in [6.07, 6.45) is 1.68. The number of ether oxygens (including phenoxy) is 1. The third-order valence-corrected chi connectivity index (χ3v) is 1.81. The van der Waals surface area contributed by atoms with Crippen molar-refractivity contribution in [2.24, 2.45) is 0 Å². The summed E-state index contributed by atoms with van der Waals surface area (Å²) in [4.78, 5) is 0. The maximum atomic E-state index is 9.37. The van der Waals surface area contributed by atoms with Crippen LogP contribution in [0.3, 0.4) is 0 Å². The van der Waals surface area contributed by atoms with Gasteiger partial charge in [0.05, 0.1) is 12.7 Å². The van der Waals surface area contributed by atoms with E-state index in [4.69, 9.17) is 4.74 Å². The molecule has 2 atom stereocenters. The Morgan fingerprint density at radius 3 is 2.82 bits per heavy atom. The van der Waals surface area contributed by atoms with Crippen LogP contribution in [-0.2, 0) is 4.74 Å². The van der Waals surface area contributed by atoms with E-state index in [1.54, 1.807) is 0 Å². The molecule has 11 heavy (non-hydrogen) atoms. The molecule has 1 heterocycles. The minimum atomic E-state index is -0.831. The molecule has 0 bridgehead atoms. The fraction of sp³-hybridized carbons (Fsp3) is 0.750. The van der Waals surface area contributed by atoms with E-state index >= 15 is 0 Å². The van der Waals surface area contributed by atoms with Crippen LogP contribution in [-0.4, -0.2) is 29.0 Å². The van der Waals surface area contributed by atoms with Gasteiger partial charge in [0.1, 0.15) is 11.9 Å². The number of hydrogen-bond acceptors (Lipinski definition) is 3. The second-order valence-corrected chi connectivity index (χ2v) is 2.66. The topological polar surface area (TPSA) is 49.7 Å². The Balaban J connectivity index is 2.45. The normalized spacial score (nSPS) is 22.3. The van der Waals surface area contributed by atoms with Crippen molar-refractivity contribution in [3.8, 4) is 0 Å². The lowest BCUT2D eigenvalue weighted by Gasteiger charge is -2.16. The van der Waals surface area contributed by atoms with Gasteiger partial charge in [-0.05, 0) is 12.5 Å².